The number of carbonyl (C=O) groups excluding carboxylic acids is 1. The van der Waals surface area contributed by atoms with Gasteiger partial charge in [-0.05, 0) is 13.1 Å². The monoisotopic (exact) mass is 223 g/mol. The van der Waals surface area contributed by atoms with E-state index in [0.29, 0.717) is 12.2 Å². The second kappa shape index (κ2) is 5.30. The van der Waals surface area contributed by atoms with Crippen molar-refractivity contribution >= 4 is 5.78 Å². The van der Waals surface area contributed by atoms with E-state index in [9.17, 15) is 4.79 Å². The molecule has 3 nitrogen and oxygen atoms in total. The van der Waals surface area contributed by atoms with Gasteiger partial charge in [-0.25, -0.2) is 0 Å². The fourth-order valence-electron chi connectivity index (χ4n) is 1.44. The maximum atomic E-state index is 11.7. The Hall–Kier alpha value is -1.09. The molecule has 0 bridgehead atoms. The summed E-state index contributed by atoms with van der Waals surface area (Å²) in [5.74, 6) is 0.312. The molecule has 0 aliphatic carbocycles. The number of rotatable bonds is 5. The third kappa shape index (κ3) is 4.19. The van der Waals surface area contributed by atoms with Crippen LogP contribution >= 0.6 is 0 Å². The van der Waals surface area contributed by atoms with Crippen molar-refractivity contribution in [2.75, 3.05) is 13.6 Å². The molecule has 1 aromatic rings. The van der Waals surface area contributed by atoms with Crippen molar-refractivity contribution in [2.24, 2.45) is 5.41 Å². The Morgan fingerprint density at radius 2 is 2.12 bits per heavy atom. The lowest BCUT2D eigenvalue weighted by Gasteiger charge is -2.20. The van der Waals surface area contributed by atoms with E-state index >= 15 is 0 Å². The Morgan fingerprint density at radius 1 is 1.44 bits per heavy atom. The molecule has 0 aromatic carbocycles. The molecule has 0 fully saturated rings. The SMILES string of the molecule is CN(CCC(=O)C(C)(C)C)Cc1ccoc1. The Kier molecular flexibility index (Phi) is 4.30. The minimum Gasteiger partial charge on any atom is -0.472 e. The highest BCUT2D eigenvalue weighted by molar-refractivity contribution is 5.83. The summed E-state index contributed by atoms with van der Waals surface area (Å²) >= 11 is 0. The molecule has 0 spiro atoms. The van der Waals surface area contributed by atoms with Crippen molar-refractivity contribution in [3.8, 4) is 0 Å². The summed E-state index contributed by atoms with van der Waals surface area (Å²) in [7, 11) is 2.02. The molecule has 0 aliphatic rings. The first kappa shape index (κ1) is 13.0. The topological polar surface area (TPSA) is 33.5 Å². The number of furan rings is 1. The lowest BCUT2D eigenvalue weighted by Crippen LogP contribution is -2.26. The molecule has 0 radical (unpaired) electrons. The van der Waals surface area contributed by atoms with Crippen LogP contribution in [0.25, 0.3) is 0 Å². The summed E-state index contributed by atoms with van der Waals surface area (Å²) in [6, 6.07) is 1.95. The molecule has 90 valence electrons. The van der Waals surface area contributed by atoms with Gasteiger partial charge in [0.2, 0.25) is 0 Å². The maximum absolute atomic E-state index is 11.7. The Balaban J connectivity index is 2.31. The van der Waals surface area contributed by atoms with E-state index in [4.69, 9.17) is 4.42 Å². The van der Waals surface area contributed by atoms with Crippen LogP contribution in [-0.2, 0) is 11.3 Å². The number of hydrogen-bond donors (Lipinski definition) is 0. The van der Waals surface area contributed by atoms with Gasteiger partial charge in [-0.2, -0.15) is 0 Å². The van der Waals surface area contributed by atoms with E-state index in [0.717, 1.165) is 18.7 Å². The molecule has 0 amide bonds. The third-order valence-corrected chi connectivity index (χ3v) is 2.59. The van der Waals surface area contributed by atoms with Crippen molar-refractivity contribution < 1.29 is 9.21 Å². The quantitative estimate of drug-likeness (QED) is 0.769. The zero-order valence-electron chi connectivity index (χ0n) is 10.6. The fourth-order valence-corrected chi connectivity index (χ4v) is 1.44. The number of hydrogen-bond acceptors (Lipinski definition) is 3. The highest BCUT2D eigenvalue weighted by atomic mass is 16.3. The number of nitrogens with zero attached hydrogens (tertiary/aromatic N) is 1. The summed E-state index contributed by atoms with van der Waals surface area (Å²) in [5.41, 5.74) is 0.918. The number of Topliss-reactive ketones (excluding diaryl/α,β-unsaturated/α-hetero) is 1. The van der Waals surface area contributed by atoms with E-state index in [1.807, 2.05) is 33.9 Å². The van der Waals surface area contributed by atoms with Crippen LogP contribution in [0.3, 0.4) is 0 Å². The zero-order chi connectivity index (χ0) is 12.2. The standard InChI is InChI=1S/C13H21NO2/c1-13(2,3)12(15)5-7-14(4)9-11-6-8-16-10-11/h6,8,10H,5,7,9H2,1-4H3. The van der Waals surface area contributed by atoms with Crippen molar-refractivity contribution in [2.45, 2.75) is 33.7 Å². The number of ketones is 1. The normalized spacial score (nSPS) is 12.1. The molecule has 0 atom stereocenters. The van der Waals surface area contributed by atoms with Crippen molar-refractivity contribution in [3.05, 3.63) is 24.2 Å². The van der Waals surface area contributed by atoms with Crippen LogP contribution < -0.4 is 0 Å². The predicted octanol–water partition coefficient (Wildman–Crippen LogP) is 2.72. The molecule has 3 heteroatoms. The Bertz CT molecular complexity index is 322. The summed E-state index contributed by atoms with van der Waals surface area (Å²) < 4.78 is 5.00. The molecule has 0 unspecified atom stereocenters. The van der Waals surface area contributed by atoms with Gasteiger partial charge in [0.25, 0.3) is 0 Å². The predicted molar refractivity (Wildman–Crippen MR) is 64.1 cm³/mol. The molecule has 1 rings (SSSR count). The van der Waals surface area contributed by atoms with Gasteiger partial charge < -0.3 is 9.32 Å². The van der Waals surface area contributed by atoms with Crippen LogP contribution in [0.1, 0.15) is 32.8 Å². The zero-order valence-corrected chi connectivity index (χ0v) is 10.6. The fraction of sp³-hybridized carbons (Fsp3) is 0.615. The van der Waals surface area contributed by atoms with Gasteiger partial charge in [0.05, 0.1) is 12.5 Å². The second-order valence-corrected chi connectivity index (χ2v) is 5.29. The van der Waals surface area contributed by atoms with Gasteiger partial charge in [-0.3, -0.25) is 4.79 Å². The average Bonchev–Trinajstić information content (AvgIpc) is 2.65. The van der Waals surface area contributed by atoms with Gasteiger partial charge in [-0.1, -0.05) is 20.8 Å². The van der Waals surface area contributed by atoms with Crippen LogP contribution in [0, 0.1) is 5.41 Å². The van der Waals surface area contributed by atoms with Gasteiger partial charge in [0, 0.05) is 30.5 Å². The first-order chi connectivity index (χ1) is 7.39. The van der Waals surface area contributed by atoms with Crippen LogP contribution in [0.5, 0.6) is 0 Å². The molecule has 0 saturated carbocycles. The van der Waals surface area contributed by atoms with Crippen LogP contribution in [0.15, 0.2) is 23.0 Å². The first-order valence-corrected chi connectivity index (χ1v) is 5.62. The Morgan fingerprint density at radius 3 is 2.62 bits per heavy atom. The lowest BCUT2D eigenvalue weighted by molar-refractivity contribution is -0.126. The first-order valence-electron chi connectivity index (χ1n) is 5.62. The average molecular weight is 223 g/mol. The molecule has 1 aromatic heterocycles. The second-order valence-electron chi connectivity index (χ2n) is 5.29. The Labute approximate surface area is 97.4 Å². The molecule has 16 heavy (non-hydrogen) atoms. The summed E-state index contributed by atoms with van der Waals surface area (Å²) in [5, 5.41) is 0. The van der Waals surface area contributed by atoms with Crippen LogP contribution in [0.2, 0.25) is 0 Å². The van der Waals surface area contributed by atoms with E-state index in [1.54, 1.807) is 12.5 Å². The van der Waals surface area contributed by atoms with Gasteiger partial charge in [0.15, 0.2) is 0 Å². The van der Waals surface area contributed by atoms with Gasteiger partial charge >= 0.3 is 0 Å². The van der Waals surface area contributed by atoms with E-state index in [-0.39, 0.29) is 5.41 Å². The summed E-state index contributed by atoms with van der Waals surface area (Å²) in [6.45, 7) is 7.51. The maximum Gasteiger partial charge on any atom is 0.139 e. The summed E-state index contributed by atoms with van der Waals surface area (Å²) in [4.78, 5) is 13.9. The van der Waals surface area contributed by atoms with Crippen molar-refractivity contribution in [1.29, 1.82) is 0 Å². The molecular weight excluding hydrogens is 202 g/mol. The van der Waals surface area contributed by atoms with E-state index < -0.39 is 0 Å². The molecule has 0 saturated heterocycles. The molecule has 0 aliphatic heterocycles. The lowest BCUT2D eigenvalue weighted by atomic mass is 9.89. The van der Waals surface area contributed by atoms with Crippen LogP contribution in [-0.4, -0.2) is 24.3 Å². The highest BCUT2D eigenvalue weighted by Gasteiger charge is 2.20. The molecular formula is C13H21NO2. The highest BCUT2D eigenvalue weighted by Crippen LogP contribution is 2.16. The van der Waals surface area contributed by atoms with Crippen molar-refractivity contribution in [1.82, 2.24) is 4.90 Å². The minimum atomic E-state index is -0.226. The van der Waals surface area contributed by atoms with Gasteiger partial charge in [0.1, 0.15) is 5.78 Å². The third-order valence-electron chi connectivity index (χ3n) is 2.59. The molecule has 0 N–H and O–H groups in total. The van der Waals surface area contributed by atoms with Gasteiger partial charge in [-0.15, -0.1) is 0 Å². The summed E-state index contributed by atoms with van der Waals surface area (Å²) in [6.07, 6.45) is 4.02. The molecule has 1 heterocycles. The van der Waals surface area contributed by atoms with Crippen molar-refractivity contribution in [3.63, 3.8) is 0 Å². The largest absolute Gasteiger partial charge is 0.472 e. The van der Waals surface area contributed by atoms with E-state index in [2.05, 4.69) is 4.90 Å². The van der Waals surface area contributed by atoms with E-state index in [1.165, 1.54) is 0 Å². The van der Waals surface area contributed by atoms with Crippen LogP contribution in [0.4, 0.5) is 0 Å². The number of carbonyl (C=O) groups is 1. The minimum absolute atomic E-state index is 0.226. The smallest absolute Gasteiger partial charge is 0.139 e.